The summed E-state index contributed by atoms with van der Waals surface area (Å²) in [4.78, 5) is 14.5. The first-order chi connectivity index (χ1) is 13.2. The van der Waals surface area contributed by atoms with Gasteiger partial charge in [0.25, 0.3) is 5.91 Å². The zero-order valence-corrected chi connectivity index (χ0v) is 15.6. The van der Waals surface area contributed by atoms with Gasteiger partial charge in [-0.2, -0.15) is 5.26 Å². The lowest BCUT2D eigenvalue weighted by Crippen LogP contribution is -2.14. The van der Waals surface area contributed by atoms with Crippen LogP contribution in [0.25, 0.3) is 16.5 Å². The molecule has 0 aliphatic heterocycles. The summed E-state index contributed by atoms with van der Waals surface area (Å²) in [5.41, 5.74) is 1.69. The van der Waals surface area contributed by atoms with Gasteiger partial charge in [0, 0.05) is 9.75 Å². The van der Waals surface area contributed by atoms with Crippen LogP contribution in [-0.4, -0.2) is 12.5 Å². The van der Waals surface area contributed by atoms with E-state index >= 15 is 0 Å². The molecule has 0 atom stereocenters. The van der Waals surface area contributed by atoms with Crippen LogP contribution in [0.3, 0.4) is 0 Å². The van der Waals surface area contributed by atoms with Gasteiger partial charge < -0.3 is 10.1 Å². The second-order valence-electron chi connectivity index (χ2n) is 5.62. The molecule has 0 bridgehead atoms. The van der Waals surface area contributed by atoms with Crippen LogP contribution in [0.15, 0.2) is 72.3 Å². The Labute approximate surface area is 162 Å². The Hall–Kier alpha value is -3.36. The molecular formula is C22H18N2O2S. The van der Waals surface area contributed by atoms with Gasteiger partial charge in [-0.3, -0.25) is 4.79 Å². The fraction of sp³-hybridized carbons (Fsp3) is 0.0909. The first kappa shape index (κ1) is 18.4. The third kappa shape index (κ3) is 4.63. The van der Waals surface area contributed by atoms with Gasteiger partial charge in [-0.15, -0.1) is 11.3 Å². The number of nitrogens with zero attached hydrogens (tertiary/aromatic N) is 1. The maximum Gasteiger partial charge on any atom is 0.266 e. The third-order valence-electron chi connectivity index (χ3n) is 3.77. The molecule has 2 aromatic carbocycles. The molecule has 0 saturated carbocycles. The first-order valence-electron chi connectivity index (χ1n) is 8.51. The topological polar surface area (TPSA) is 62.1 Å². The molecule has 0 saturated heterocycles. The van der Waals surface area contributed by atoms with E-state index in [0.717, 1.165) is 15.3 Å². The fourth-order valence-electron chi connectivity index (χ4n) is 2.52. The molecule has 0 aliphatic rings. The van der Waals surface area contributed by atoms with Gasteiger partial charge in [-0.25, -0.2) is 0 Å². The van der Waals surface area contributed by atoms with E-state index in [2.05, 4.69) is 5.32 Å². The monoisotopic (exact) mass is 374 g/mol. The minimum atomic E-state index is -0.459. The van der Waals surface area contributed by atoms with Crippen LogP contribution < -0.4 is 10.1 Å². The van der Waals surface area contributed by atoms with Crippen LogP contribution in [0.5, 0.6) is 5.75 Å². The maximum atomic E-state index is 12.5. The van der Waals surface area contributed by atoms with Gasteiger partial charge in [0.15, 0.2) is 0 Å². The van der Waals surface area contributed by atoms with Gasteiger partial charge >= 0.3 is 0 Å². The standard InChI is InChI=1S/C22H18N2O2S/c1-2-26-20-11-7-6-10-19(20)24-22(25)17(15-23)14-18-12-13-21(27-18)16-8-4-3-5-9-16/h3-14H,2H2,1H3,(H,24,25)/b17-14+. The number of nitriles is 1. The molecule has 1 N–H and O–H groups in total. The Kier molecular flexibility index (Phi) is 6.03. The van der Waals surface area contributed by atoms with E-state index < -0.39 is 5.91 Å². The van der Waals surface area contributed by atoms with Gasteiger partial charge in [-0.05, 0) is 42.8 Å². The molecule has 1 aromatic heterocycles. The number of carbonyl (C=O) groups is 1. The predicted octanol–water partition coefficient (Wildman–Crippen LogP) is 5.36. The smallest absolute Gasteiger partial charge is 0.266 e. The first-order valence-corrected chi connectivity index (χ1v) is 9.33. The molecule has 3 aromatic rings. The van der Waals surface area contributed by atoms with Crippen molar-refractivity contribution < 1.29 is 9.53 Å². The van der Waals surface area contributed by atoms with Gasteiger partial charge in [0.2, 0.25) is 0 Å². The number of hydrogen-bond donors (Lipinski definition) is 1. The lowest BCUT2D eigenvalue weighted by molar-refractivity contribution is -0.112. The molecule has 134 valence electrons. The number of carbonyl (C=O) groups excluding carboxylic acids is 1. The summed E-state index contributed by atoms with van der Waals surface area (Å²) < 4.78 is 5.51. The average Bonchev–Trinajstić information content (AvgIpc) is 3.17. The van der Waals surface area contributed by atoms with Crippen molar-refractivity contribution in [2.45, 2.75) is 6.92 Å². The van der Waals surface area contributed by atoms with Crippen LogP contribution in [0.2, 0.25) is 0 Å². The Morgan fingerprint density at radius 2 is 1.85 bits per heavy atom. The van der Waals surface area contributed by atoms with Crippen molar-refractivity contribution in [3.8, 4) is 22.3 Å². The highest BCUT2D eigenvalue weighted by atomic mass is 32.1. The molecule has 0 spiro atoms. The second kappa shape index (κ2) is 8.84. The summed E-state index contributed by atoms with van der Waals surface area (Å²) in [6, 6.07) is 23.0. The number of hydrogen-bond acceptors (Lipinski definition) is 4. The highest BCUT2D eigenvalue weighted by Crippen LogP contribution is 2.29. The van der Waals surface area contributed by atoms with Crippen molar-refractivity contribution in [2.24, 2.45) is 0 Å². The number of nitrogens with one attached hydrogen (secondary N) is 1. The summed E-state index contributed by atoms with van der Waals surface area (Å²) in [5.74, 6) is 0.118. The highest BCUT2D eigenvalue weighted by Gasteiger charge is 2.13. The number of amides is 1. The highest BCUT2D eigenvalue weighted by molar-refractivity contribution is 7.16. The molecule has 1 amide bonds. The Morgan fingerprint density at radius 1 is 1.11 bits per heavy atom. The van der Waals surface area contributed by atoms with Crippen LogP contribution in [0.1, 0.15) is 11.8 Å². The lowest BCUT2D eigenvalue weighted by Gasteiger charge is -2.10. The van der Waals surface area contributed by atoms with E-state index in [1.54, 1.807) is 24.3 Å². The van der Waals surface area contributed by atoms with Crippen LogP contribution in [0.4, 0.5) is 5.69 Å². The zero-order chi connectivity index (χ0) is 19.1. The van der Waals surface area contributed by atoms with Crippen molar-refractivity contribution in [1.82, 2.24) is 0 Å². The number of ether oxygens (including phenoxy) is 1. The number of rotatable bonds is 6. The lowest BCUT2D eigenvalue weighted by atomic mass is 10.2. The molecule has 0 unspecified atom stereocenters. The minimum absolute atomic E-state index is 0.0442. The van der Waals surface area contributed by atoms with Gasteiger partial charge in [0.05, 0.1) is 12.3 Å². The van der Waals surface area contributed by atoms with E-state index in [1.807, 2.05) is 61.5 Å². The van der Waals surface area contributed by atoms with Gasteiger partial charge in [0.1, 0.15) is 17.4 Å². The Morgan fingerprint density at radius 3 is 2.59 bits per heavy atom. The number of benzene rings is 2. The summed E-state index contributed by atoms with van der Waals surface area (Å²) in [5, 5.41) is 12.2. The molecule has 4 nitrogen and oxygen atoms in total. The quantitative estimate of drug-likeness (QED) is 0.467. The molecule has 0 aliphatic carbocycles. The minimum Gasteiger partial charge on any atom is -0.492 e. The summed E-state index contributed by atoms with van der Waals surface area (Å²) in [6.45, 7) is 2.37. The Bertz CT molecular complexity index is 1000. The summed E-state index contributed by atoms with van der Waals surface area (Å²) in [6.07, 6.45) is 1.61. The second-order valence-corrected chi connectivity index (χ2v) is 6.74. The van der Waals surface area contributed by atoms with Crippen molar-refractivity contribution in [2.75, 3.05) is 11.9 Å². The molecule has 27 heavy (non-hydrogen) atoms. The van der Waals surface area contributed by atoms with Crippen LogP contribution >= 0.6 is 11.3 Å². The van der Waals surface area contributed by atoms with E-state index in [4.69, 9.17) is 4.74 Å². The third-order valence-corrected chi connectivity index (χ3v) is 4.85. The molecule has 0 fully saturated rings. The zero-order valence-electron chi connectivity index (χ0n) is 14.8. The van der Waals surface area contributed by atoms with E-state index in [9.17, 15) is 10.1 Å². The normalized spacial score (nSPS) is 10.9. The van der Waals surface area contributed by atoms with Crippen LogP contribution in [-0.2, 0) is 4.79 Å². The van der Waals surface area contributed by atoms with E-state index in [-0.39, 0.29) is 5.57 Å². The molecular weight excluding hydrogens is 356 g/mol. The van der Waals surface area contributed by atoms with Crippen molar-refractivity contribution in [1.29, 1.82) is 5.26 Å². The summed E-state index contributed by atoms with van der Waals surface area (Å²) >= 11 is 1.53. The Balaban J connectivity index is 1.80. The van der Waals surface area contributed by atoms with Crippen molar-refractivity contribution >= 4 is 29.0 Å². The number of thiophene rings is 1. The average molecular weight is 374 g/mol. The van der Waals surface area contributed by atoms with E-state index in [1.165, 1.54) is 11.3 Å². The number of anilines is 1. The summed E-state index contributed by atoms with van der Waals surface area (Å²) in [7, 11) is 0. The molecule has 5 heteroatoms. The fourth-order valence-corrected chi connectivity index (χ4v) is 3.48. The molecule has 1 heterocycles. The van der Waals surface area contributed by atoms with Crippen molar-refractivity contribution in [3.63, 3.8) is 0 Å². The van der Waals surface area contributed by atoms with Gasteiger partial charge in [-0.1, -0.05) is 42.5 Å². The predicted molar refractivity (Wildman–Crippen MR) is 110 cm³/mol. The largest absolute Gasteiger partial charge is 0.492 e. The SMILES string of the molecule is CCOc1ccccc1NC(=O)/C(C#N)=C/c1ccc(-c2ccccc2)s1. The number of para-hydroxylation sites is 2. The molecule has 3 rings (SSSR count). The van der Waals surface area contributed by atoms with Crippen molar-refractivity contribution in [3.05, 3.63) is 77.2 Å². The van der Waals surface area contributed by atoms with Crippen LogP contribution in [0, 0.1) is 11.3 Å². The maximum absolute atomic E-state index is 12.5. The van der Waals surface area contributed by atoms with E-state index in [0.29, 0.717) is 18.0 Å². The molecule has 0 radical (unpaired) electrons.